The molecule has 10 nitrogen and oxygen atoms in total. The predicted molar refractivity (Wildman–Crippen MR) is 144 cm³/mol. The minimum Gasteiger partial charge on any atom is -0.497 e. The topological polar surface area (TPSA) is 126 Å². The van der Waals surface area contributed by atoms with Gasteiger partial charge in [0.05, 0.1) is 34.4 Å². The van der Waals surface area contributed by atoms with Crippen LogP contribution in [0.5, 0.6) is 5.75 Å². The SMILES string of the molecule is CCOC(=O)C1=C(C)N=c2s/c(=C\c3ccc(OC)cc3)c(=O)n2[C@@H]1c1ccc(-c2cccc([N+](=O)[O-])c2)o1. The Morgan fingerprint density at radius 3 is 2.67 bits per heavy atom. The van der Waals surface area contributed by atoms with Gasteiger partial charge in [-0.1, -0.05) is 35.6 Å². The highest BCUT2D eigenvalue weighted by molar-refractivity contribution is 7.07. The molecule has 0 bridgehead atoms. The third-order valence-electron chi connectivity index (χ3n) is 6.17. The van der Waals surface area contributed by atoms with Gasteiger partial charge >= 0.3 is 5.97 Å². The Morgan fingerprint density at radius 1 is 1.21 bits per heavy atom. The highest BCUT2D eigenvalue weighted by atomic mass is 32.1. The molecule has 1 atom stereocenters. The molecule has 2 aromatic heterocycles. The maximum absolute atomic E-state index is 13.7. The number of nitrogens with zero attached hydrogens (tertiary/aromatic N) is 3. The molecule has 198 valence electrons. The van der Waals surface area contributed by atoms with Gasteiger partial charge in [0.2, 0.25) is 0 Å². The van der Waals surface area contributed by atoms with Gasteiger partial charge in [-0.15, -0.1) is 0 Å². The van der Waals surface area contributed by atoms with Gasteiger partial charge < -0.3 is 13.9 Å². The summed E-state index contributed by atoms with van der Waals surface area (Å²) in [6, 6.07) is 15.7. The first-order valence-corrected chi connectivity index (χ1v) is 12.8. The molecule has 5 rings (SSSR count). The molecule has 0 saturated carbocycles. The Kier molecular flexibility index (Phi) is 6.99. The van der Waals surface area contributed by atoms with E-state index in [1.807, 2.05) is 12.1 Å². The zero-order valence-corrected chi connectivity index (χ0v) is 22.1. The van der Waals surface area contributed by atoms with Gasteiger partial charge in [0.15, 0.2) is 4.80 Å². The number of hydrogen-bond acceptors (Lipinski definition) is 9. The molecule has 0 aliphatic carbocycles. The van der Waals surface area contributed by atoms with Crippen molar-refractivity contribution in [3.8, 4) is 17.1 Å². The lowest BCUT2D eigenvalue weighted by atomic mass is 10.0. The third kappa shape index (κ3) is 4.91. The number of non-ortho nitro benzene ring substituents is 1. The number of esters is 1. The van der Waals surface area contributed by atoms with Crippen LogP contribution in [-0.4, -0.2) is 29.2 Å². The van der Waals surface area contributed by atoms with Gasteiger partial charge in [-0.25, -0.2) is 9.79 Å². The summed E-state index contributed by atoms with van der Waals surface area (Å²) in [5, 5.41) is 11.3. The number of thiazole rings is 1. The van der Waals surface area contributed by atoms with Crippen molar-refractivity contribution in [2.24, 2.45) is 4.99 Å². The normalized spacial score (nSPS) is 15.1. The molecule has 1 aliphatic rings. The van der Waals surface area contributed by atoms with Gasteiger partial charge in [0, 0.05) is 17.7 Å². The van der Waals surface area contributed by atoms with Crippen molar-refractivity contribution in [2.75, 3.05) is 13.7 Å². The molecule has 39 heavy (non-hydrogen) atoms. The number of rotatable bonds is 7. The van der Waals surface area contributed by atoms with Crippen LogP contribution in [0.1, 0.15) is 31.2 Å². The Bertz CT molecular complexity index is 1800. The number of allylic oxidation sites excluding steroid dienone is 1. The van der Waals surface area contributed by atoms with Crippen LogP contribution in [0.15, 0.2) is 86.1 Å². The van der Waals surface area contributed by atoms with Crippen molar-refractivity contribution >= 4 is 29.1 Å². The smallest absolute Gasteiger partial charge is 0.338 e. The first kappa shape index (κ1) is 25.9. The number of ether oxygens (including phenoxy) is 2. The number of carbonyl (C=O) groups is 1. The van der Waals surface area contributed by atoms with Crippen LogP contribution in [0.4, 0.5) is 5.69 Å². The second-order valence-corrected chi connectivity index (χ2v) is 9.59. The van der Waals surface area contributed by atoms with E-state index < -0.39 is 16.9 Å². The summed E-state index contributed by atoms with van der Waals surface area (Å²) < 4.78 is 18.5. The number of carbonyl (C=O) groups excluding carboxylic acids is 1. The molecule has 0 fully saturated rings. The average molecular weight is 546 g/mol. The number of nitro groups is 1. The first-order chi connectivity index (χ1) is 18.8. The summed E-state index contributed by atoms with van der Waals surface area (Å²) in [5.41, 5.74) is 1.44. The van der Waals surface area contributed by atoms with Crippen LogP contribution >= 0.6 is 11.3 Å². The van der Waals surface area contributed by atoms with Crippen molar-refractivity contribution in [1.29, 1.82) is 0 Å². The Balaban J connectivity index is 1.66. The predicted octanol–water partition coefficient (Wildman–Crippen LogP) is 3.98. The Labute approximate surface area is 225 Å². The minimum absolute atomic E-state index is 0.0834. The summed E-state index contributed by atoms with van der Waals surface area (Å²) in [6.45, 7) is 3.52. The molecule has 3 heterocycles. The summed E-state index contributed by atoms with van der Waals surface area (Å²) in [7, 11) is 1.58. The average Bonchev–Trinajstić information content (AvgIpc) is 3.53. The summed E-state index contributed by atoms with van der Waals surface area (Å²) in [5.74, 6) is 0.736. The van der Waals surface area contributed by atoms with Gasteiger partial charge in [0.25, 0.3) is 11.2 Å². The van der Waals surface area contributed by atoms with E-state index in [4.69, 9.17) is 13.9 Å². The Morgan fingerprint density at radius 2 is 1.97 bits per heavy atom. The molecule has 2 aromatic carbocycles. The molecule has 0 radical (unpaired) electrons. The van der Waals surface area contributed by atoms with Gasteiger partial charge in [-0.3, -0.25) is 19.5 Å². The van der Waals surface area contributed by atoms with E-state index in [9.17, 15) is 19.7 Å². The number of fused-ring (bicyclic) bond motifs is 1. The van der Waals surface area contributed by atoms with Crippen molar-refractivity contribution in [3.63, 3.8) is 0 Å². The van der Waals surface area contributed by atoms with Crippen LogP contribution in [-0.2, 0) is 9.53 Å². The van der Waals surface area contributed by atoms with Gasteiger partial charge in [-0.2, -0.15) is 0 Å². The molecular weight excluding hydrogens is 522 g/mol. The molecule has 0 spiro atoms. The van der Waals surface area contributed by atoms with Crippen molar-refractivity contribution < 1.29 is 23.6 Å². The largest absolute Gasteiger partial charge is 0.497 e. The van der Waals surface area contributed by atoms with Gasteiger partial charge in [0.1, 0.15) is 23.3 Å². The van der Waals surface area contributed by atoms with Crippen LogP contribution in [0.3, 0.4) is 0 Å². The maximum Gasteiger partial charge on any atom is 0.338 e. The van der Waals surface area contributed by atoms with Crippen molar-refractivity contribution in [3.05, 3.63) is 113 Å². The van der Waals surface area contributed by atoms with E-state index in [-0.39, 0.29) is 23.4 Å². The number of hydrogen-bond donors (Lipinski definition) is 0. The van der Waals surface area contributed by atoms with E-state index in [0.717, 1.165) is 5.56 Å². The molecule has 1 aliphatic heterocycles. The minimum atomic E-state index is -0.939. The third-order valence-corrected chi connectivity index (χ3v) is 7.15. The number of benzene rings is 2. The lowest BCUT2D eigenvalue weighted by Crippen LogP contribution is -2.39. The van der Waals surface area contributed by atoms with E-state index >= 15 is 0 Å². The summed E-state index contributed by atoms with van der Waals surface area (Å²) >= 11 is 1.20. The number of methoxy groups -OCH3 is 1. The number of furan rings is 1. The monoisotopic (exact) mass is 545 g/mol. The highest BCUT2D eigenvalue weighted by Gasteiger charge is 2.35. The van der Waals surface area contributed by atoms with E-state index in [1.165, 1.54) is 28.0 Å². The molecule has 4 aromatic rings. The molecule has 0 saturated heterocycles. The fourth-order valence-electron chi connectivity index (χ4n) is 4.34. The van der Waals surface area contributed by atoms with Gasteiger partial charge in [-0.05, 0) is 49.8 Å². The molecule has 0 unspecified atom stereocenters. The van der Waals surface area contributed by atoms with Crippen LogP contribution < -0.4 is 19.6 Å². The van der Waals surface area contributed by atoms with E-state index in [1.54, 1.807) is 63.4 Å². The Hall–Kier alpha value is -4.77. The maximum atomic E-state index is 13.7. The van der Waals surface area contributed by atoms with Crippen LogP contribution in [0.2, 0.25) is 0 Å². The molecule has 0 N–H and O–H groups in total. The fourth-order valence-corrected chi connectivity index (χ4v) is 5.39. The zero-order chi connectivity index (χ0) is 27.7. The zero-order valence-electron chi connectivity index (χ0n) is 21.2. The first-order valence-electron chi connectivity index (χ1n) is 12.0. The lowest BCUT2D eigenvalue weighted by Gasteiger charge is -2.22. The van der Waals surface area contributed by atoms with E-state index in [0.29, 0.717) is 37.9 Å². The number of nitro benzene ring substituents is 1. The summed E-state index contributed by atoms with van der Waals surface area (Å²) in [6.07, 6.45) is 1.75. The summed E-state index contributed by atoms with van der Waals surface area (Å²) in [4.78, 5) is 42.5. The van der Waals surface area contributed by atoms with Crippen molar-refractivity contribution in [1.82, 2.24) is 4.57 Å². The van der Waals surface area contributed by atoms with Crippen molar-refractivity contribution in [2.45, 2.75) is 19.9 Å². The van der Waals surface area contributed by atoms with E-state index in [2.05, 4.69) is 4.99 Å². The number of aromatic nitrogens is 1. The van der Waals surface area contributed by atoms with Crippen LogP contribution in [0, 0.1) is 10.1 Å². The molecular formula is C28H23N3O7S. The quantitative estimate of drug-likeness (QED) is 0.195. The fraction of sp³-hybridized carbons (Fsp3) is 0.179. The lowest BCUT2D eigenvalue weighted by molar-refractivity contribution is -0.384. The second kappa shape index (κ2) is 10.5. The van der Waals surface area contributed by atoms with Crippen LogP contribution in [0.25, 0.3) is 17.4 Å². The highest BCUT2D eigenvalue weighted by Crippen LogP contribution is 2.34. The molecule has 0 amide bonds. The standard InChI is InChI=1S/C28H23N3O7S/c1-4-37-27(33)24-16(2)29-28-30(26(32)23(39-28)14-17-8-10-20(36-3)11-9-17)25(24)22-13-12-21(38-22)18-6-5-7-19(15-18)31(34)35/h5-15,25H,4H2,1-3H3/b23-14-/t25-/m1/s1. The second-order valence-electron chi connectivity index (χ2n) is 8.58. The molecule has 11 heteroatoms.